The SMILES string of the molecule is COc1cccc(NC(=O)Nc2c3ccccc3nc(=O)n2CC(C)C)c1OC. The fourth-order valence-corrected chi connectivity index (χ4v) is 3.09. The van der Waals surface area contributed by atoms with E-state index in [1.807, 2.05) is 26.0 Å². The number of nitrogens with one attached hydrogen (secondary N) is 2. The molecule has 1 aromatic heterocycles. The molecule has 0 bridgehead atoms. The minimum atomic E-state index is -0.509. The van der Waals surface area contributed by atoms with Gasteiger partial charge in [0.1, 0.15) is 5.82 Å². The Bertz CT molecular complexity index is 1090. The summed E-state index contributed by atoms with van der Waals surface area (Å²) in [7, 11) is 3.02. The summed E-state index contributed by atoms with van der Waals surface area (Å²) >= 11 is 0. The molecule has 0 aliphatic carbocycles. The molecule has 2 aromatic carbocycles. The summed E-state index contributed by atoms with van der Waals surface area (Å²) in [5.74, 6) is 1.49. The largest absolute Gasteiger partial charge is 0.493 e. The highest BCUT2D eigenvalue weighted by Crippen LogP contribution is 2.34. The van der Waals surface area contributed by atoms with Crippen LogP contribution in [-0.2, 0) is 6.54 Å². The van der Waals surface area contributed by atoms with Crippen LogP contribution in [0.15, 0.2) is 47.3 Å². The number of hydrogen-bond acceptors (Lipinski definition) is 5. The first kappa shape index (κ1) is 20.2. The van der Waals surface area contributed by atoms with E-state index in [1.54, 1.807) is 30.3 Å². The number of urea groups is 1. The fourth-order valence-electron chi connectivity index (χ4n) is 3.09. The summed E-state index contributed by atoms with van der Waals surface area (Å²) in [4.78, 5) is 29.5. The fraction of sp³-hybridized carbons (Fsp3) is 0.286. The number of amides is 2. The summed E-state index contributed by atoms with van der Waals surface area (Å²) in [5, 5.41) is 6.25. The third-order valence-corrected chi connectivity index (χ3v) is 4.31. The molecule has 0 saturated heterocycles. The minimum Gasteiger partial charge on any atom is -0.493 e. The lowest BCUT2D eigenvalue weighted by Gasteiger charge is -2.18. The lowest BCUT2D eigenvalue weighted by molar-refractivity contribution is 0.261. The van der Waals surface area contributed by atoms with Gasteiger partial charge in [-0.2, -0.15) is 4.98 Å². The number of methoxy groups -OCH3 is 2. The Morgan fingerprint density at radius 3 is 2.52 bits per heavy atom. The number of carbonyl (C=O) groups is 1. The smallest absolute Gasteiger partial charge is 0.349 e. The Labute approximate surface area is 168 Å². The first-order chi connectivity index (χ1) is 13.9. The third kappa shape index (κ3) is 4.31. The standard InChI is InChI=1S/C21H24N4O4/c1-13(2)12-25-19(14-8-5-6-9-15(14)23-21(25)27)24-20(26)22-16-10-7-11-17(28-3)18(16)29-4/h5-11,13H,12H2,1-4H3,(H2,22,24,26). The molecule has 2 amide bonds. The van der Waals surface area contributed by atoms with E-state index in [2.05, 4.69) is 15.6 Å². The van der Waals surface area contributed by atoms with Gasteiger partial charge in [-0.15, -0.1) is 0 Å². The van der Waals surface area contributed by atoms with Crippen LogP contribution in [-0.4, -0.2) is 29.8 Å². The maximum Gasteiger partial charge on any atom is 0.349 e. The van der Waals surface area contributed by atoms with E-state index in [-0.39, 0.29) is 5.92 Å². The van der Waals surface area contributed by atoms with Crippen molar-refractivity contribution >= 4 is 28.4 Å². The monoisotopic (exact) mass is 396 g/mol. The van der Waals surface area contributed by atoms with Gasteiger partial charge in [-0.3, -0.25) is 9.88 Å². The van der Waals surface area contributed by atoms with E-state index >= 15 is 0 Å². The molecule has 0 aliphatic heterocycles. The number of anilines is 2. The maximum atomic E-state index is 12.8. The molecule has 0 spiro atoms. The highest BCUT2D eigenvalue weighted by atomic mass is 16.5. The van der Waals surface area contributed by atoms with Gasteiger partial charge in [0, 0.05) is 11.9 Å². The summed E-state index contributed by atoms with van der Waals surface area (Å²) in [5.41, 5.74) is 0.555. The van der Waals surface area contributed by atoms with Crippen molar-refractivity contribution in [1.82, 2.24) is 9.55 Å². The number of hydrogen-bond donors (Lipinski definition) is 2. The van der Waals surface area contributed by atoms with E-state index in [4.69, 9.17) is 9.47 Å². The number of para-hydroxylation sites is 2. The lowest BCUT2D eigenvalue weighted by atomic mass is 10.2. The van der Waals surface area contributed by atoms with Crippen LogP contribution in [0, 0.1) is 5.92 Å². The molecule has 8 heteroatoms. The zero-order chi connectivity index (χ0) is 21.0. The number of ether oxygens (including phenoxy) is 2. The van der Waals surface area contributed by atoms with Gasteiger partial charge >= 0.3 is 11.7 Å². The van der Waals surface area contributed by atoms with Crippen molar-refractivity contribution in [2.24, 2.45) is 5.92 Å². The topological polar surface area (TPSA) is 94.5 Å². The van der Waals surface area contributed by atoms with Crippen molar-refractivity contribution in [2.45, 2.75) is 20.4 Å². The highest BCUT2D eigenvalue weighted by molar-refractivity contribution is 6.05. The van der Waals surface area contributed by atoms with Crippen molar-refractivity contribution in [3.8, 4) is 11.5 Å². The van der Waals surface area contributed by atoms with Crippen LogP contribution in [0.25, 0.3) is 10.9 Å². The van der Waals surface area contributed by atoms with Gasteiger partial charge in [-0.1, -0.05) is 32.0 Å². The second-order valence-electron chi connectivity index (χ2n) is 6.88. The Balaban J connectivity index is 1.99. The number of nitrogens with zero attached hydrogens (tertiary/aromatic N) is 2. The van der Waals surface area contributed by atoms with Gasteiger partial charge in [0.2, 0.25) is 0 Å². The number of benzene rings is 2. The number of rotatable bonds is 6. The molecule has 0 aliphatic rings. The predicted molar refractivity (Wildman–Crippen MR) is 113 cm³/mol. The molecule has 0 saturated carbocycles. The van der Waals surface area contributed by atoms with Gasteiger partial charge < -0.3 is 14.8 Å². The van der Waals surface area contributed by atoms with Crippen LogP contribution in [0.5, 0.6) is 11.5 Å². The Morgan fingerprint density at radius 2 is 1.83 bits per heavy atom. The van der Waals surface area contributed by atoms with Crippen LogP contribution < -0.4 is 25.8 Å². The molecule has 3 rings (SSSR count). The van der Waals surface area contributed by atoms with E-state index in [1.165, 1.54) is 18.8 Å². The van der Waals surface area contributed by atoms with E-state index in [9.17, 15) is 9.59 Å². The van der Waals surface area contributed by atoms with Gasteiger partial charge in [-0.25, -0.2) is 9.59 Å². The second kappa shape index (κ2) is 8.64. The van der Waals surface area contributed by atoms with Crippen molar-refractivity contribution in [3.05, 3.63) is 52.9 Å². The van der Waals surface area contributed by atoms with Crippen molar-refractivity contribution in [3.63, 3.8) is 0 Å². The molecule has 0 radical (unpaired) electrons. The van der Waals surface area contributed by atoms with Gasteiger partial charge in [0.25, 0.3) is 0 Å². The van der Waals surface area contributed by atoms with Crippen molar-refractivity contribution in [1.29, 1.82) is 0 Å². The van der Waals surface area contributed by atoms with E-state index in [0.717, 1.165) is 0 Å². The zero-order valence-electron chi connectivity index (χ0n) is 16.9. The lowest BCUT2D eigenvalue weighted by Crippen LogP contribution is -2.31. The van der Waals surface area contributed by atoms with Gasteiger partial charge in [0.05, 0.1) is 25.4 Å². The first-order valence-corrected chi connectivity index (χ1v) is 9.23. The van der Waals surface area contributed by atoms with Crippen LogP contribution in [0.4, 0.5) is 16.3 Å². The molecular formula is C21H24N4O4. The Hall–Kier alpha value is -3.55. The van der Waals surface area contributed by atoms with Crippen LogP contribution >= 0.6 is 0 Å². The quantitative estimate of drug-likeness (QED) is 0.662. The number of carbonyl (C=O) groups excluding carboxylic acids is 1. The summed E-state index contributed by atoms with van der Waals surface area (Å²) < 4.78 is 12.1. The van der Waals surface area contributed by atoms with Crippen LogP contribution in [0.1, 0.15) is 13.8 Å². The Kier molecular flexibility index (Phi) is 6.01. The van der Waals surface area contributed by atoms with E-state index < -0.39 is 11.7 Å². The van der Waals surface area contributed by atoms with Crippen molar-refractivity contribution in [2.75, 3.05) is 24.9 Å². The van der Waals surface area contributed by atoms with Crippen molar-refractivity contribution < 1.29 is 14.3 Å². The third-order valence-electron chi connectivity index (χ3n) is 4.31. The molecule has 152 valence electrons. The molecule has 0 fully saturated rings. The highest BCUT2D eigenvalue weighted by Gasteiger charge is 2.17. The average molecular weight is 396 g/mol. The molecule has 8 nitrogen and oxygen atoms in total. The zero-order valence-corrected chi connectivity index (χ0v) is 16.9. The second-order valence-corrected chi connectivity index (χ2v) is 6.88. The molecule has 3 aromatic rings. The Morgan fingerprint density at radius 1 is 1.07 bits per heavy atom. The molecule has 0 unspecified atom stereocenters. The first-order valence-electron chi connectivity index (χ1n) is 9.23. The average Bonchev–Trinajstić information content (AvgIpc) is 2.70. The molecule has 29 heavy (non-hydrogen) atoms. The molecule has 2 N–H and O–H groups in total. The number of fused-ring (bicyclic) bond motifs is 1. The molecule has 0 atom stereocenters. The normalized spacial score (nSPS) is 10.8. The van der Waals surface area contributed by atoms with Crippen LogP contribution in [0.3, 0.4) is 0 Å². The minimum absolute atomic E-state index is 0.192. The molecular weight excluding hydrogens is 372 g/mol. The maximum absolute atomic E-state index is 12.8. The summed E-state index contributed by atoms with van der Waals surface area (Å²) in [6.45, 7) is 4.41. The van der Waals surface area contributed by atoms with E-state index in [0.29, 0.717) is 40.5 Å². The molecule has 1 heterocycles. The summed E-state index contributed by atoms with van der Waals surface area (Å²) in [6.07, 6.45) is 0. The predicted octanol–water partition coefficient (Wildman–Crippen LogP) is 3.71. The van der Waals surface area contributed by atoms with Gasteiger partial charge in [-0.05, 0) is 30.2 Å². The summed E-state index contributed by atoms with van der Waals surface area (Å²) in [6, 6.07) is 11.9. The number of aromatic nitrogens is 2. The van der Waals surface area contributed by atoms with Crippen LogP contribution in [0.2, 0.25) is 0 Å². The van der Waals surface area contributed by atoms with Gasteiger partial charge in [0.15, 0.2) is 11.5 Å².